The van der Waals surface area contributed by atoms with Gasteiger partial charge in [0, 0.05) is 25.3 Å². The van der Waals surface area contributed by atoms with Crippen molar-refractivity contribution in [2.75, 3.05) is 44.6 Å². The third kappa shape index (κ3) is 6.02. The molecule has 1 fully saturated rings. The molecule has 8 nitrogen and oxygen atoms in total. The van der Waals surface area contributed by atoms with Crippen molar-refractivity contribution in [2.45, 2.75) is 31.6 Å². The molecule has 27 heavy (non-hydrogen) atoms. The van der Waals surface area contributed by atoms with Gasteiger partial charge in [-0.15, -0.1) is 0 Å². The lowest BCUT2D eigenvalue weighted by Gasteiger charge is -2.18. The molecule has 0 aliphatic carbocycles. The highest BCUT2D eigenvalue weighted by Crippen LogP contribution is 2.22. The smallest absolute Gasteiger partial charge is 0.279 e. The Balaban J connectivity index is 2.00. The summed E-state index contributed by atoms with van der Waals surface area (Å²) in [6, 6.07) is 6.32. The molecule has 0 radical (unpaired) electrons. The number of hydrogen-bond donors (Lipinski definition) is 3. The number of sulfonamides is 1. The largest absolute Gasteiger partial charge is 0.351 e. The number of carbonyl (C=O) groups excluding carboxylic acids is 2. The van der Waals surface area contributed by atoms with Crippen molar-refractivity contribution in [3.63, 3.8) is 0 Å². The first-order chi connectivity index (χ1) is 12.9. The molecule has 0 bridgehead atoms. The molecule has 0 spiro atoms. The molecule has 0 saturated carbocycles. The molecule has 1 atom stereocenters. The van der Waals surface area contributed by atoms with Crippen LogP contribution in [-0.2, 0) is 19.6 Å². The number of carbonyl (C=O) groups is 2. The SMILES string of the molecule is CCNC(=O)C[NH+](CC)CC(=O)Nc1cccc(S(=O)(=O)N2CCCC2)c1. The third-order valence-electron chi connectivity index (χ3n) is 4.52. The number of hydrogen-bond acceptors (Lipinski definition) is 4. The van der Waals surface area contributed by atoms with Gasteiger partial charge in [0.2, 0.25) is 10.0 Å². The molecule has 1 aromatic carbocycles. The molecule has 2 amide bonds. The van der Waals surface area contributed by atoms with E-state index in [1.807, 2.05) is 13.8 Å². The van der Waals surface area contributed by atoms with E-state index in [1.54, 1.807) is 18.2 Å². The lowest BCUT2D eigenvalue weighted by atomic mass is 10.3. The number of nitrogens with one attached hydrogen (secondary N) is 3. The standard InChI is InChI=1S/C18H28N4O4S/c1-3-19-17(23)13-21(4-2)14-18(24)20-15-8-7-9-16(12-15)27(25,26)22-10-5-6-11-22/h7-9,12H,3-6,10-11,13-14H2,1-2H3,(H,19,23)(H,20,24)/p+1. The van der Waals surface area contributed by atoms with Crippen molar-refractivity contribution < 1.29 is 22.9 Å². The summed E-state index contributed by atoms with van der Waals surface area (Å²) in [6.07, 6.45) is 1.74. The van der Waals surface area contributed by atoms with Crippen LogP contribution in [0.25, 0.3) is 0 Å². The maximum atomic E-state index is 12.6. The minimum absolute atomic E-state index is 0.0964. The molecule has 1 unspecified atom stereocenters. The van der Waals surface area contributed by atoms with Gasteiger partial charge >= 0.3 is 0 Å². The molecule has 150 valence electrons. The molecule has 1 aromatic rings. The molecular formula is C18H29N4O4S+. The lowest BCUT2D eigenvalue weighted by Crippen LogP contribution is -3.14. The van der Waals surface area contributed by atoms with E-state index in [9.17, 15) is 18.0 Å². The number of benzene rings is 1. The van der Waals surface area contributed by atoms with Gasteiger partial charge in [-0.3, -0.25) is 9.59 Å². The average Bonchev–Trinajstić information content (AvgIpc) is 3.17. The third-order valence-corrected chi connectivity index (χ3v) is 6.41. The maximum absolute atomic E-state index is 12.6. The van der Waals surface area contributed by atoms with Gasteiger partial charge in [-0.2, -0.15) is 4.31 Å². The Morgan fingerprint density at radius 3 is 2.41 bits per heavy atom. The average molecular weight is 398 g/mol. The van der Waals surface area contributed by atoms with Crippen molar-refractivity contribution in [1.29, 1.82) is 0 Å². The number of nitrogens with zero attached hydrogens (tertiary/aromatic N) is 1. The van der Waals surface area contributed by atoms with Crippen LogP contribution in [0.1, 0.15) is 26.7 Å². The number of amides is 2. The van der Waals surface area contributed by atoms with Gasteiger partial charge in [0.15, 0.2) is 13.1 Å². The fourth-order valence-electron chi connectivity index (χ4n) is 3.04. The van der Waals surface area contributed by atoms with Crippen LogP contribution in [0.5, 0.6) is 0 Å². The van der Waals surface area contributed by atoms with Gasteiger partial charge in [0.25, 0.3) is 11.8 Å². The number of anilines is 1. The van der Waals surface area contributed by atoms with Crippen LogP contribution in [0.4, 0.5) is 5.69 Å². The Morgan fingerprint density at radius 1 is 1.11 bits per heavy atom. The van der Waals surface area contributed by atoms with Gasteiger partial charge in [-0.05, 0) is 44.9 Å². The quantitative estimate of drug-likeness (QED) is 0.521. The van der Waals surface area contributed by atoms with Crippen LogP contribution in [0.3, 0.4) is 0 Å². The minimum atomic E-state index is -3.52. The normalized spacial score (nSPS) is 16.1. The van der Waals surface area contributed by atoms with E-state index in [0.29, 0.717) is 31.9 Å². The van der Waals surface area contributed by atoms with Crippen molar-refractivity contribution in [2.24, 2.45) is 0 Å². The van der Waals surface area contributed by atoms with Crippen LogP contribution in [0.15, 0.2) is 29.2 Å². The summed E-state index contributed by atoms with van der Waals surface area (Å²) in [5.41, 5.74) is 0.439. The summed E-state index contributed by atoms with van der Waals surface area (Å²) in [5.74, 6) is -0.354. The monoisotopic (exact) mass is 397 g/mol. The van der Waals surface area contributed by atoms with Gasteiger partial charge < -0.3 is 15.5 Å². The Morgan fingerprint density at radius 2 is 1.78 bits per heavy atom. The van der Waals surface area contributed by atoms with Gasteiger partial charge in [-0.25, -0.2) is 8.42 Å². The fourth-order valence-corrected chi connectivity index (χ4v) is 4.61. The Bertz CT molecular complexity index is 760. The van der Waals surface area contributed by atoms with E-state index in [1.165, 1.54) is 10.4 Å². The zero-order valence-corrected chi connectivity index (χ0v) is 16.8. The van der Waals surface area contributed by atoms with Crippen molar-refractivity contribution in [1.82, 2.24) is 9.62 Å². The fraction of sp³-hybridized carbons (Fsp3) is 0.556. The van der Waals surface area contributed by atoms with E-state index in [4.69, 9.17) is 0 Å². The minimum Gasteiger partial charge on any atom is -0.351 e. The summed E-state index contributed by atoms with van der Waals surface area (Å²) in [5, 5.41) is 5.46. The second kappa shape index (κ2) is 9.82. The van der Waals surface area contributed by atoms with Crippen molar-refractivity contribution >= 4 is 27.5 Å². The zero-order chi connectivity index (χ0) is 19.9. The molecule has 1 heterocycles. The summed E-state index contributed by atoms with van der Waals surface area (Å²) >= 11 is 0. The second-order valence-corrected chi connectivity index (χ2v) is 8.54. The number of rotatable bonds is 9. The second-order valence-electron chi connectivity index (χ2n) is 6.60. The first-order valence-electron chi connectivity index (χ1n) is 9.37. The number of quaternary nitrogens is 1. The zero-order valence-electron chi connectivity index (χ0n) is 16.0. The van der Waals surface area contributed by atoms with Crippen molar-refractivity contribution in [3.8, 4) is 0 Å². The van der Waals surface area contributed by atoms with E-state index in [-0.39, 0.29) is 29.8 Å². The molecule has 1 aliphatic rings. The van der Waals surface area contributed by atoms with Crippen molar-refractivity contribution in [3.05, 3.63) is 24.3 Å². The molecule has 2 rings (SSSR count). The summed E-state index contributed by atoms with van der Waals surface area (Å²) < 4.78 is 26.8. The van der Waals surface area contributed by atoms with Gasteiger partial charge in [-0.1, -0.05) is 6.07 Å². The van der Waals surface area contributed by atoms with Crippen LogP contribution in [0, 0.1) is 0 Å². The Kier molecular flexibility index (Phi) is 7.76. The maximum Gasteiger partial charge on any atom is 0.279 e. The van der Waals surface area contributed by atoms with Crippen LogP contribution in [0.2, 0.25) is 0 Å². The van der Waals surface area contributed by atoms with E-state index < -0.39 is 10.0 Å². The van der Waals surface area contributed by atoms with E-state index in [0.717, 1.165) is 17.7 Å². The number of likely N-dealkylation sites (N-methyl/N-ethyl adjacent to an activating group) is 2. The predicted molar refractivity (Wildman–Crippen MR) is 103 cm³/mol. The van der Waals surface area contributed by atoms with Crippen LogP contribution in [-0.4, -0.2) is 63.8 Å². The predicted octanol–water partition coefficient (Wildman–Crippen LogP) is -0.549. The highest BCUT2D eigenvalue weighted by molar-refractivity contribution is 7.89. The molecule has 0 aromatic heterocycles. The summed E-state index contributed by atoms with van der Waals surface area (Å²) in [6.45, 7) is 6.37. The molecular weight excluding hydrogens is 368 g/mol. The highest BCUT2D eigenvalue weighted by Gasteiger charge is 2.27. The van der Waals surface area contributed by atoms with E-state index >= 15 is 0 Å². The lowest BCUT2D eigenvalue weighted by molar-refractivity contribution is -0.881. The summed E-state index contributed by atoms with van der Waals surface area (Å²) in [4.78, 5) is 25.0. The highest BCUT2D eigenvalue weighted by atomic mass is 32.2. The van der Waals surface area contributed by atoms with E-state index in [2.05, 4.69) is 10.6 Å². The molecule has 9 heteroatoms. The topological polar surface area (TPSA) is 100 Å². The summed E-state index contributed by atoms with van der Waals surface area (Å²) in [7, 11) is -3.52. The molecule has 1 saturated heterocycles. The molecule has 3 N–H and O–H groups in total. The Hall–Kier alpha value is -1.97. The first-order valence-corrected chi connectivity index (χ1v) is 10.8. The Labute approximate surface area is 161 Å². The van der Waals surface area contributed by atoms with Gasteiger partial charge in [0.05, 0.1) is 11.4 Å². The van der Waals surface area contributed by atoms with Crippen LogP contribution >= 0.6 is 0 Å². The molecule has 1 aliphatic heterocycles. The van der Waals surface area contributed by atoms with Crippen LogP contribution < -0.4 is 15.5 Å². The first kappa shape index (κ1) is 21.3. The van der Waals surface area contributed by atoms with Gasteiger partial charge in [0.1, 0.15) is 0 Å².